The predicted octanol–water partition coefficient (Wildman–Crippen LogP) is 4.55. The molecule has 0 aliphatic rings. The highest BCUT2D eigenvalue weighted by molar-refractivity contribution is 5.90. The Morgan fingerprint density at radius 2 is 1.88 bits per heavy atom. The van der Waals surface area contributed by atoms with Crippen molar-refractivity contribution in [2.24, 2.45) is 0 Å². The van der Waals surface area contributed by atoms with E-state index in [-0.39, 0.29) is 17.7 Å². The first-order valence-corrected chi connectivity index (χ1v) is 7.01. The first-order valence-electron chi connectivity index (χ1n) is 7.01. The van der Waals surface area contributed by atoms with Crippen molar-refractivity contribution in [3.05, 3.63) is 64.5 Å². The number of hydrogen-bond acceptors (Lipinski definition) is 3. The van der Waals surface area contributed by atoms with Crippen molar-refractivity contribution >= 4 is 11.7 Å². The third kappa shape index (κ3) is 4.04. The molecular weight excluding hydrogens is 326 g/mol. The fraction of sp³-hybridized carbons (Fsp3) is 0.235. The van der Waals surface area contributed by atoms with Crippen LogP contribution in [0.15, 0.2) is 36.4 Å². The van der Waals surface area contributed by atoms with Gasteiger partial charge in [-0.15, -0.1) is 0 Å². The Balaban J connectivity index is 2.27. The number of hydrogen-bond donors (Lipinski definition) is 1. The van der Waals surface area contributed by atoms with Crippen molar-refractivity contribution in [1.29, 1.82) is 0 Å². The molecule has 1 N–H and O–H groups in total. The molecule has 7 heteroatoms. The second-order valence-corrected chi connectivity index (χ2v) is 5.17. The molecule has 0 spiro atoms. The fourth-order valence-electron chi connectivity index (χ4n) is 2.21. The smallest absolute Gasteiger partial charge is 0.416 e. The van der Waals surface area contributed by atoms with Gasteiger partial charge in [0.1, 0.15) is 5.82 Å². The summed E-state index contributed by atoms with van der Waals surface area (Å²) in [4.78, 5) is 11.5. The Morgan fingerprint density at radius 3 is 2.50 bits per heavy atom. The van der Waals surface area contributed by atoms with Crippen LogP contribution >= 0.6 is 0 Å². The first kappa shape index (κ1) is 17.8. The topological polar surface area (TPSA) is 38.3 Å². The number of aryl methyl sites for hydroxylation is 1. The van der Waals surface area contributed by atoms with E-state index in [0.29, 0.717) is 11.8 Å². The third-order valence-corrected chi connectivity index (χ3v) is 3.51. The molecule has 0 radical (unpaired) electrons. The summed E-state index contributed by atoms with van der Waals surface area (Å²) in [5.41, 5.74) is 0.401. The Labute approximate surface area is 136 Å². The van der Waals surface area contributed by atoms with Crippen molar-refractivity contribution in [2.45, 2.75) is 19.6 Å². The van der Waals surface area contributed by atoms with Gasteiger partial charge in [0.05, 0.1) is 18.2 Å². The Hall–Kier alpha value is -2.57. The molecule has 0 aliphatic carbocycles. The van der Waals surface area contributed by atoms with Gasteiger partial charge in [-0.3, -0.25) is 0 Å². The maximum absolute atomic E-state index is 13.1. The quantitative estimate of drug-likeness (QED) is 0.655. The summed E-state index contributed by atoms with van der Waals surface area (Å²) in [5, 5.41) is 2.85. The van der Waals surface area contributed by atoms with E-state index in [0.717, 1.165) is 17.7 Å². The van der Waals surface area contributed by atoms with Crippen LogP contribution < -0.4 is 5.32 Å². The Kier molecular flexibility index (Phi) is 5.11. The average Bonchev–Trinajstić information content (AvgIpc) is 2.53. The van der Waals surface area contributed by atoms with Gasteiger partial charge in [0.2, 0.25) is 0 Å². The lowest BCUT2D eigenvalue weighted by Gasteiger charge is -2.15. The third-order valence-electron chi connectivity index (χ3n) is 3.51. The molecule has 0 amide bonds. The van der Waals surface area contributed by atoms with E-state index in [1.807, 2.05) is 0 Å². The molecule has 128 valence electrons. The maximum Gasteiger partial charge on any atom is 0.416 e. The normalized spacial score (nSPS) is 11.2. The van der Waals surface area contributed by atoms with E-state index >= 15 is 0 Å². The van der Waals surface area contributed by atoms with E-state index < -0.39 is 23.5 Å². The number of carbonyl (C=O) groups excluding carboxylic acids is 1. The van der Waals surface area contributed by atoms with Crippen LogP contribution in [0.25, 0.3) is 0 Å². The monoisotopic (exact) mass is 341 g/mol. The van der Waals surface area contributed by atoms with Gasteiger partial charge in [-0.25, -0.2) is 9.18 Å². The number of methoxy groups -OCH3 is 1. The van der Waals surface area contributed by atoms with Gasteiger partial charge in [0.15, 0.2) is 0 Å². The van der Waals surface area contributed by atoms with Gasteiger partial charge < -0.3 is 10.1 Å². The van der Waals surface area contributed by atoms with E-state index in [1.165, 1.54) is 13.2 Å². The highest BCUT2D eigenvalue weighted by Crippen LogP contribution is 2.33. The number of benzene rings is 2. The Bertz CT molecular complexity index is 757. The van der Waals surface area contributed by atoms with Crippen LogP contribution in [0.4, 0.5) is 23.2 Å². The van der Waals surface area contributed by atoms with Crippen LogP contribution in [0.2, 0.25) is 0 Å². The molecule has 0 aromatic heterocycles. The van der Waals surface area contributed by atoms with Crippen LogP contribution in [0.1, 0.15) is 27.0 Å². The minimum atomic E-state index is -4.65. The molecule has 0 atom stereocenters. The molecule has 0 saturated carbocycles. The minimum absolute atomic E-state index is 0.0910. The Morgan fingerprint density at radius 1 is 1.17 bits per heavy atom. The molecule has 0 aliphatic heterocycles. The van der Waals surface area contributed by atoms with Crippen LogP contribution in [0.5, 0.6) is 0 Å². The summed E-state index contributed by atoms with van der Waals surface area (Å²) in [6, 6.07) is 7.25. The van der Waals surface area contributed by atoms with Gasteiger partial charge in [-0.05, 0) is 42.3 Å². The SMILES string of the molecule is COC(=O)c1ccc(C)c(NCc2ccc(F)cc2C(F)(F)F)c1. The molecule has 2 aromatic rings. The highest BCUT2D eigenvalue weighted by atomic mass is 19.4. The summed E-state index contributed by atoms with van der Waals surface area (Å²) in [6.07, 6.45) is -4.65. The van der Waals surface area contributed by atoms with Crippen molar-refractivity contribution in [1.82, 2.24) is 0 Å². The lowest BCUT2D eigenvalue weighted by Crippen LogP contribution is -2.13. The average molecular weight is 341 g/mol. The second kappa shape index (κ2) is 6.90. The highest BCUT2D eigenvalue weighted by Gasteiger charge is 2.33. The van der Waals surface area contributed by atoms with Crippen LogP contribution in [-0.2, 0) is 17.5 Å². The molecule has 3 nitrogen and oxygen atoms in total. The lowest BCUT2D eigenvalue weighted by molar-refractivity contribution is -0.138. The number of anilines is 1. The molecule has 0 bridgehead atoms. The van der Waals surface area contributed by atoms with Crippen LogP contribution in [0.3, 0.4) is 0 Å². The van der Waals surface area contributed by atoms with E-state index in [2.05, 4.69) is 10.1 Å². The van der Waals surface area contributed by atoms with Gasteiger partial charge in [-0.2, -0.15) is 13.2 Å². The van der Waals surface area contributed by atoms with E-state index in [4.69, 9.17) is 0 Å². The summed E-state index contributed by atoms with van der Waals surface area (Å²) >= 11 is 0. The summed E-state index contributed by atoms with van der Waals surface area (Å²) < 4.78 is 56.7. The summed E-state index contributed by atoms with van der Waals surface area (Å²) in [5.74, 6) is -1.49. The van der Waals surface area contributed by atoms with Crippen molar-refractivity contribution in [3.8, 4) is 0 Å². The number of rotatable bonds is 4. The van der Waals surface area contributed by atoms with E-state index in [9.17, 15) is 22.4 Å². The molecule has 2 rings (SSSR count). The predicted molar refractivity (Wildman–Crippen MR) is 81.2 cm³/mol. The molecule has 2 aromatic carbocycles. The van der Waals surface area contributed by atoms with Gasteiger partial charge in [-0.1, -0.05) is 12.1 Å². The summed E-state index contributed by atoms with van der Waals surface area (Å²) in [7, 11) is 1.24. The van der Waals surface area contributed by atoms with Crippen LogP contribution in [0, 0.1) is 12.7 Å². The van der Waals surface area contributed by atoms with Gasteiger partial charge >= 0.3 is 12.1 Å². The molecular formula is C17H15F4NO2. The number of alkyl halides is 3. The number of carbonyl (C=O) groups is 1. The lowest BCUT2D eigenvalue weighted by atomic mass is 10.1. The van der Waals surface area contributed by atoms with Gasteiger partial charge in [0, 0.05) is 12.2 Å². The zero-order chi connectivity index (χ0) is 17.9. The zero-order valence-corrected chi connectivity index (χ0v) is 13.0. The molecule has 24 heavy (non-hydrogen) atoms. The van der Waals surface area contributed by atoms with Crippen LogP contribution in [-0.4, -0.2) is 13.1 Å². The molecule has 0 fully saturated rings. The second-order valence-electron chi connectivity index (χ2n) is 5.17. The summed E-state index contributed by atoms with van der Waals surface area (Å²) in [6.45, 7) is 1.58. The first-order chi connectivity index (χ1) is 11.2. The number of halogens is 4. The molecule has 0 heterocycles. The van der Waals surface area contributed by atoms with Crippen molar-refractivity contribution in [2.75, 3.05) is 12.4 Å². The van der Waals surface area contributed by atoms with Gasteiger partial charge in [0.25, 0.3) is 0 Å². The molecule has 0 unspecified atom stereocenters. The minimum Gasteiger partial charge on any atom is -0.465 e. The maximum atomic E-state index is 13.1. The fourth-order valence-corrected chi connectivity index (χ4v) is 2.21. The number of nitrogens with one attached hydrogen (secondary N) is 1. The largest absolute Gasteiger partial charge is 0.465 e. The van der Waals surface area contributed by atoms with Crippen molar-refractivity contribution in [3.63, 3.8) is 0 Å². The molecule has 0 saturated heterocycles. The number of ether oxygens (including phenoxy) is 1. The zero-order valence-electron chi connectivity index (χ0n) is 13.0. The van der Waals surface area contributed by atoms with Crippen molar-refractivity contribution < 1.29 is 27.1 Å². The standard InChI is InChI=1S/C17H15F4NO2/c1-10-3-4-11(16(23)24-2)7-15(10)22-9-12-5-6-13(18)8-14(12)17(19,20)21/h3-8,22H,9H2,1-2H3. The van der Waals surface area contributed by atoms with E-state index in [1.54, 1.807) is 19.1 Å². The number of esters is 1.